The summed E-state index contributed by atoms with van der Waals surface area (Å²) >= 11 is 6.12. The van der Waals surface area contributed by atoms with Gasteiger partial charge in [0.15, 0.2) is 0 Å². The van der Waals surface area contributed by atoms with Gasteiger partial charge in [0.1, 0.15) is 0 Å². The average molecular weight is 319 g/mol. The first-order chi connectivity index (χ1) is 10.5. The molecule has 0 saturated carbocycles. The maximum Gasteiger partial charge on any atom is 0.313 e. The number of benzene rings is 1. The van der Waals surface area contributed by atoms with Gasteiger partial charge in [-0.2, -0.15) is 0 Å². The monoisotopic (exact) mass is 318 g/mol. The molecule has 0 N–H and O–H groups in total. The van der Waals surface area contributed by atoms with E-state index in [1.54, 1.807) is 6.20 Å². The van der Waals surface area contributed by atoms with Gasteiger partial charge in [-0.1, -0.05) is 11.6 Å². The van der Waals surface area contributed by atoms with E-state index in [9.17, 15) is 4.79 Å². The molecule has 1 saturated heterocycles. The number of carbonyl (C=O) groups excluding carboxylic acids is 1. The Labute approximate surface area is 135 Å². The summed E-state index contributed by atoms with van der Waals surface area (Å²) < 4.78 is 5.22. The minimum absolute atomic E-state index is 0.117. The first kappa shape index (κ1) is 15.1. The van der Waals surface area contributed by atoms with Crippen LogP contribution in [0.25, 0.3) is 10.9 Å². The zero-order valence-electron chi connectivity index (χ0n) is 12.8. The number of hydrogen-bond donors (Lipinski definition) is 0. The highest BCUT2D eigenvalue weighted by Gasteiger charge is 2.42. The number of pyridine rings is 1. The largest absolute Gasteiger partial charge is 0.466 e. The summed E-state index contributed by atoms with van der Waals surface area (Å²) in [4.78, 5) is 18.8. The highest BCUT2D eigenvalue weighted by atomic mass is 35.5. The maximum atomic E-state index is 12.2. The highest BCUT2D eigenvalue weighted by Crippen LogP contribution is 2.37. The van der Waals surface area contributed by atoms with E-state index in [1.807, 2.05) is 38.1 Å². The molecule has 0 aliphatic carbocycles. The van der Waals surface area contributed by atoms with E-state index in [0.717, 1.165) is 29.6 Å². The van der Waals surface area contributed by atoms with Crippen molar-refractivity contribution in [2.24, 2.45) is 5.41 Å². The number of aromatic nitrogens is 1. The van der Waals surface area contributed by atoms with Crippen LogP contribution in [0.4, 0.5) is 5.69 Å². The second kappa shape index (κ2) is 5.76. The van der Waals surface area contributed by atoms with Gasteiger partial charge < -0.3 is 9.64 Å². The predicted molar refractivity (Wildman–Crippen MR) is 88.3 cm³/mol. The van der Waals surface area contributed by atoms with Gasteiger partial charge in [0.25, 0.3) is 0 Å². The summed E-state index contributed by atoms with van der Waals surface area (Å²) in [6.07, 6.45) is 2.59. The molecule has 0 bridgehead atoms. The minimum atomic E-state index is -0.454. The van der Waals surface area contributed by atoms with E-state index in [0.29, 0.717) is 18.2 Å². The summed E-state index contributed by atoms with van der Waals surface area (Å²) in [6.45, 7) is 5.70. The van der Waals surface area contributed by atoms with E-state index >= 15 is 0 Å². The number of rotatable bonds is 3. The van der Waals surface area contributed by atoms with Crippen LogP contribution in [-0.4, -0.2) is 30.6 Å². The number of anilines is 1. The van der Waals surface area contributed by atoms with E-state index in [-0.39, 0.29) is 5.97 Å². The van der Waals surface area contributed by atoms with E-state index in [1.165, 1.54) is 0 Å². The Kier molecular flexibility index (Phi) is 3.96. The Hall–Kier alpha value is -1.81. The standard InChI is InChI=1S/C17H19ClN2O2/c1-3-22-16(21)17(2)7-9-20(11-17)15-6-8-19-14-5-4-12(18)10-13(14)15/h4-6,8,10H,3,7,9,11H2,1-2H3. The number of halogens is 1. The van der Waals surface area contributed by atoms with E-state index in [4.69, 9.17) is 16.3 Å². The Morgan fingerprint density at radius 1 is 1.45 bits per heavy atom. The first-order valence-corrected chi connectivity index (χ1v) is 7.88. The number of esters is 1. The number of nitrogens with zero attached hydrogens (tertiary/aromatic N) is 2. The smallest absolute Gasteiger partial charge is 0.313 e. The van der Waals surface area contributed by atoms with Crippen LogP contribution >= 0.6 is 11.6 Å². The third kappa shape index (κ3) is 2.63. The van der Waals surface area contributed by atoms with Crippen LogP contribution in [0.15, 0.2) is 30.5 Å². The van der Waals surface area contributed by atoms with Crippen molar-refractivity contribution in [2.45, 2.75) is 20.3 Å². The highest BCUT2D eigenvalue weighted by molar-refractivity contribution is 6.31. The van der Waals surface area contributed by atoms with Gasteiger partial charge in [0.05, 0.1) is 17.5 Å². The lowest BCUT2D eigenvalue weighted by Gasteiger charge is -2.24. The van der Waals surface area contributed by atoms with Crippen molar-refractivity contribution >= 4 is 34.2 Å². The summed E-state index contributed by atoms with van der Waals surface area (Å²) in [6, 6.07) is 7.67. The minimum Gasteiger partial charge on any atom is -0.466 e. The molecule has 1 aromatic heterocycles. The van der Waals surface area contributed by atoms with Crippen molar-refractivity contribution in [3.05, 3.63) is 35.5 Å². The number of fused-ring (bicyclic) bond motifs is 1. The number of carbonyl (C=O) groups is 1. The van der Waals surface area contributed by atoms with Crippen LogP contribution in [0.3, 0.4) is 0 Å². The summed E-state index contributed by atoms with van der Waals surface area (Å²) in [7, 11) is 0. The fourth-order valence-electron chi connectivity index (χ4n) is 3.02. The normalized spacial score (nSPS) is 21.3. The Morgan fingerprint density at radius 2 is 2.27 bits per heavy atom. The van der Waals surface area contributed by atoms with Gasteiger partial charge in [-0.3, -0.25) is 9.78 Å². The van der Waals surface area contributed by atoms with Gasteiger partial charge in [0, 0.05) is 35.4 Å². The predicted octanol–water partition coefficient (Wildman–Crippen LogP) is 3.67. The molecule has 1 aromatic carbocycles. The van der Waals surface area contributed by atoms with Crippen molar-refractivity contribution in [3.63, 3.8) is 0 Å². The third-order valence-electron chi connectivity index (χ3n) is 4.26. The van der Waals surface area contributed by atoms with Crippen LogP contribution in [0.1, 0.15) is 20.3 Å². The molecule has 5 heteroatoms. The molecule has 0 spiro atoms. The SMILES string of the molecule is CCOC(=O)C1(C)CCN(c2ccnc3ccc(Cl)cc23)C1. The van der Waals surface area contributed by atoms with Crippen LogP contribution in [0.2, 0.25) is 5.02 Å². The molecule has 1 atom stereocenters. The molecule has 1 aliphatic heterocycles. The molecular weight excluding hydrogens is 300 g/mol. The van der Waals surface area contributed by atoms with E-state index < -0.39 is 5.41 Å². The Balaban J connectivity index is 1.93. The van der Waals surface area contributed by atoms with Gasteiger partial charge in [-0.15, -0.1) is 0 Å². The molecule has 1 unspecified atom stereocenters. The van der Waals surface area contributed by atoms with Crippen LogP contribution in [0, 0.1) is 5.41 Å². The quantitative estimate of drug-likeness (QED) is 0.810. The van der Waals surface area contributed by atoms with Crippen molar-refractivity contribution < 1.29 is 9.53 Å². The van der Waals surface area contributed by atoms with Gasteiger partial charge >= 0.3 is 5.97 Å². The maximum absolute atomic E-state index is 12.2. The first-order valence-electron chi connectivity index (χ1n) is 7.50. The third-order valence-corrected chi connectivity index (χ3v) is 4.50. The summed E-state index contributed by atoms with van der Waals surface area (Å²) in [5.74, 6) is -0.117. The van der Waals surface area contributed by atoms with E-state index in [2.05, 4.69) is 9.88 Å². The fourth-order valence-corrected chi connectivity index (χ4v) is 3.19. The lowest BCUT2D eigenvalue weighted by molar-refractivity contribution is -0.153. The molecule has 3 rings (SSSR count). The van der Waals surface area contributed by atoms with Crippen molar-refractivity contribution in [3.8, 4) is 0 Å². The topological polar surface area (TPSA) is 42.4 Å². The molecule has 1 fully saturated rings. The van der Waals surface area contributed by atoms with Crippen LogP contribution < -0.4 is 4.90 Å². The number of ether oxygens (including phenoxy) is 1. The molecular formula is C17H19ClN2O2. The Morgan fingerprint density at radius 3 is 3.05 bits per heavy atom. The molecule has 2 aromatic rings. The molecule has 4 nitrogen and oxygen atoms in total. The van der Waals surface area contributed by atoms with Crippen molar-refractivity contribution in [2.75, 3.05) is 24.6 Å². The van der Waals surface area contributed by atoms with Crippen LogP contribution in [0.5, 0.6) is 0 Å². The van der Waals surface area contributed by atoms with Crippen molar-refractivity contribution in [1.29, 1.82) is 0 Å². The second-order valence-electron chi connectivity index (χ2n) is 5.94. The van der Waals surface area contributed by atoms with Gasteiger partial charge in [-0.05, 0) is 44.5 Å². The summed E-state index contributed by atoms with van der Waals surface area (Å²) in [5.41, 5.74) is 1.52. The lowest BCUT2D eigenvalue weighted by atomic mass is 9.90. The molecule has 2 heterocycles. The molecule has 22 heavy (non-hydrogen) atoms. The number of hydrogen-bond acceptors (Lipinski definition) is 4. The van der Waals surface area contributed by atoms with Gasteiger partial charge in [0.2, 0.25) is 0 Å². The van der Waals surface area contributed by atoms with Gasteiger partial charge in [-0.25, -0.2) is 0 Å². The summed E-state index contributed by atoms with van der Waals surface area (Å²) in [5, 5.41) is 1.71. The molecule has 0 amide bonds. The fraction of sp³-hybridized carbons (Fsp3) is 0.412. The zero-order chi connectivity index (χ0) is 15.7. The van der Waals surface area contributed by atoms with Crippen molar-refractivity contribution in [1.82, 2.24) is 4.98 Å². The van der Waals surface area contributed by atoms with Crippen LogP contribution in [-0.2, 0) is 9.53 Å². The molecule has 1 aliphatic rings. The lowest BCUT2D eigenvalue weighted by Crippen LogP contribution is -2.33. The molecule has 0 radical (unpaired) electrons. The average Bonchev–Trinajstić information content (AvgIpc) is 2.90. The molecule has 116 valence electrons. The second-order valence-corrected chi connectivity index (χ2v) is 6.38. The zero-order valence-corrected chi connectivity index (χ0v) is 13.6. The Bertz CT molecular complexity index is 719.